The summed E-state index contributed by atoms with van der Waals surface area (Å²) >= 11 is 0. The van der Waals surface area contributed by atoms with Crippen LogP contribution < -0.4 is 5.56 Å². The molecular formula is C27H32N6O. The Bertz CT molecular complexity index is 1310. The lowest BCUT2D eigenvalue weighted by atomic mass is 10.0. The lowest BCUT2D eigenvalue weighted by Crippen LogP contribution is -2.39. The van der Waals surface area contributed by atoms with Gasteiger partial charge in [-0.2, -0.15) is 0 Å². The van der Waals surface area contributed by atoms with Gasteiger partial charge in [0, 0.05) is 23.7 Å². The molecule has 1 aliphatic carbocycles. The van der Waals surface area contributed by atoms with E-state index in [2.05, 4.69) is 62.7 Å². The summed E-state index contributed by atoms with van der Waals surface area (Å²) in [5.74, 6) is 0.867. The number of H-pyrrole nitrogens is 1. The monoisotopic (exact) mass is 456 g/mol. The number of aromatic nitrogens is 5. The Labute approximate surface area is 199 Å². The molecule has 1 atom stereocenters. The van der Waals surface area contributed by atoms with E-state index < -0.39 is 0 Å². The standard InChI is InChI=1S/C27H32N6O/c1-3-25(26-29-30-31-33(26)17-20-9-5-4-6-10-20)32(23-11-7-8-12-23)18-22-16-21-14-13-19(2)15-24(21)28-27(22)34/h4-6,9-10,13-16,23,25H,3,7-8,11-12,17-18H2,1-2H3,(H,28,34)/t25-/m0/s1. The van der Waals surface area contributed by atoms with Crippen molar-refractivity contribution in [2.24, 2.45) is 0 Å². The molecule has 1 aliphatic rings. The van der Waals surface area contributed by atoms with Crippen LogP contribution in [0.15, 0.2) is 59.4 Å². The minimum Gasteiger partial charge on any atom is -0.322 e. The topological polar surface area (TPSA) is 79.7 Å². The van der Waals surface area contributed by atoms with Crippen molar-refractivity contribution in [1.29, 1.82) is 0 Å². The zero-order valence-electron chi connectivity index (χ0n) is 19.9. The molecule has 0 radical (unpaired) electrons. The number of tetrazole rings is 1. The Balaban J connectivity index is 1.49. The van der Waals surface area contributed by atoms with Gasteiger partial charge in [-0.3, -0.25) is 9.69 Å². The van der Waals surface area contributed by atoms with Crippen molar-refractivity contribution in [2.45, 2.75) is 71.1 Å². The highest BCUT2D eigenvalue weighted by Gasteiger charge is 2.32. The van der Waals surface area contributed by atoms with Gasteiger partial charge >= 0.3 is 0 Å². The number of aromatic amines is 1. The van der Waals surface area contributed by atoms with Gasteiger partial charge in [0.05, 0.1) is 12.6 Å². The third kappa shape index (κ3) is 4.66. The van der Waals surface area contributed by atoms with E-state index in [1.807, 2.05) is 35.9 Å². The molecule has 2 aromatic heterocycles. The van der Waals surface area contributed by atoms with E-state index in [-0.39, 0.29) is 11.6 Å². The molecule has 1 N–H and O–H groups in total. The van der Waals surface area contributed by atoms with Crippen molar-refractivity contribution in [3.05, 3.63) is 87.5 Å². The lowest BCUT2D eigenvalue weighted by Gasteiger charge is -2.35. The van der Waals surface area contributed by atoms with Gasteiger partial charge in [0.1, 0.15) is 0 Å². The molecule has 5 rings (SSSR count). The van der Waals surface area contributed by atoms with E-state index in [1.165, 1.54) is 18.4 Å². The van der Waals surface area contributed by atoms with E-state index in [9.17, 15) is 4.79 Å². The van der Waals surface area contributed by atoms with E-state index in [1.54, 1.807) is 0 Å². The summed E-state index contributed by atoms with van der Waals surface area (Å²) in [5, 5.41) is 13.9. The summed E-state index contributed by atoms with van der Waals surface area (Å²) in [6, 6.07) is 19.0. The summed E-state index contributed by atoms with van der Waals surface area (Å²) in [6.07, 6.45) is 5.60. The Morgan fingerprint density at radius 3 is 2.68 bits per heavy atom. The summed E-state index contributed by atoms with van der Waals surface area (Å²) < 4.78 is 1.92. The van der Waals surface area contributed by atoms with Crippen LogP contribution in [0.4, 0.5) is 0 Å². The van der Waals surface area contributed by atoms with Crippen LogP contribution in [0.1, 0.15) is 67.6 Å². The van der Waals surface area contributed by atoms with Crippen LogP contribution in [0.5, 0.6) is 0 Å². The van der Waals surface area contributed by atoms with Crippen LogP contribution in [0.25, 0.3) is 10.9 Å². The first-order valence-corrected chi connectivity index (χ1v) is 12.3. The number of aryl methyl sites for hydroxylation is 1. The first-order chi connectivity index (χ1) is 16.6. The van der Waals surface area contributed by atoms with Crippen molar-refractivity contribution >= 4 is 10.9 Å². The third-order valence-electron chi connectivity index (χ3n) is 7.04. The molecule has 0 aliphatic heterocycles. The number of rotatable bonds is 8. The predicted octanol–water partition coefficient (Wildman–Crippen LogP) is 4.77. The normalized spacial score (nSPS) is 15.4. The Kier molecular flexibility index (Phi) is 6.54. The molecule has 0 amide bonds. The van der Waals surface area contributed by atoms with Crippen LogP contribution in [0, 0.1) is 6.92 Å². The van der Waals surface area contributed by atoms with Crippen molar-refractivity contribution in [1.82, 2.24) is 30.1 Å². The zero-order valence-corrected chi connectivity index (χ0v) is 19.9. The SMILES string of the molecule is CC[C@@H](c1nnnn1Cc1ccccc1)N(Cc1cc2ccc(C)cc2[nH]c1=O)C1CCCC1. The van der Waals surface area contributed by atoms with E-state index in [0.717, 1.165) is 47.1 Å². The fraction of sp³-hybridized carbons (Fsp3) is 0.407. The first-order valence-electron chi connectivity index (χ1n) is 12.3. The predicted molar refractivity (Wildman–Crippen MR) is 133 cm³/mol. The number of fused-ring (bicyclic) bond motifs is 1. The van der Waals surface area contributed by atoms with E-state index in [0.29, 0.717) is 19.1 Å². The maximum atomic E-state index is 13.1. The molecule has 0 unspecified atom stereocenters. The number of hydrogen-bond donors (Lipinski definition) is 1. The summed E-state index contributed by atoms with van der Waals surface area (Å²) in [5.41, 5.74) is 3.97. The number of hydrogen-bond acceptors (Lipinski definition) is 5. The fourth-order valence-corrected chi connectivity index (χ4v) is 5.29. The molecule has 0 bridgehead atoms. The van der Waals surface area contributed by atoms with Gasteiger partial charge in [-0.25, -0.2) is 4.68 Å². The highest BCUT2D eigenvalue weighted by molar-refractivity contribution is 5.79. The molecule has 176 valence electrons. The average Bonchev–Trinajstić information content (AvgIpc) is 3.53. The van der Waals surface area contributed by atoms with Crippen LogP contribution >= 0.6 is 0 Å². The minimum absolute atomic E-state index is 0.0140. The van der Waals surface area contributed by atoms with Gasteiger partial charge < -0.3 is 4.98 Å². The average molecular weight is 457 g/mol. The van der Waals surface area contributed by atoms with E-state index >= 15 is 0 Å². The molecule has 34 heavy (non-hydrogen) atoms. The van der Waals surface area contributed by atoms with E-state index in [4.69, 9.17) is 0 Å². The largest absolute Gasteiger partial charge is 0.322 e. The molecule has 4 aromatic rings. The quantitative estimate of drug-likeness (QED) is 0.413. The summed E-state index contributed by atoms with van der Waals surface area (Å²) in [4.78, 5) is 18.7. The van der Waals surface area contributed by atoms with Crippen LogP contribution in [0.3, 0.4) is 0 Å². The van der Waals surface area contributed by atoms with Crippen molar-refractivity contribution in [2.75, 3.05) is 0 Å². The fourth-order valence-electron chi connectivity index (χ4n) is 5.29. The molecule has 2 aromatic carbocycles. The second-order valence-electron chi connectivity index (χ2n) is 9.43. The summed E-state index contributed by atoms with van der Waals surface area (Å²) in [6.45, 7) is 5.44. The highest BCUT2D eigenvalue weighted by atomic mass is 16.1. The molecule has 0 spiro atoms. The highest BCUT2D eigenvalue weighted by Crippen LogP contribution is 2.33. The van der Waals surface area contributed by atoms with Crippen LogP contribution in [-0.2, 0) is 13.1 Å². The smallest absolute Gasteiger partial charge is 0.252 e. The Hall–Kier alpha value is -3.32. The van der Waals surface area contributed by atoms with Crippen LogP contribution in [-0.4, -0.2) is 36.1 Å². The third-order valence-corrected chi connectivity index (χ3v) is 7.04. The maximum absolute atomic E-state index is 13.1. The molecule has 7 heteroatoms. The van der Waals surface area contributed by atoms with Gasteiger partial charge in [0.25, 0.3) is 5.56 Å². The van der Waals surface area contributed by atoms with Gasteiger partial charge in [-0.15, -0.1) is 5.10 Å². The zero-order chi connectivity index (χ0) is 23.5. The number of benzene rings is 2. The molecule has 1 fully saturated rings. The van der Waals surface area contributed by atoms with Crippen molar-refractivity contribution in [3.63, 3.8) is 0 Å². The molecule has 2 heterocycles. The lowest BCUT2D eigenvalue weighted by molar-refractivity contribution is 0.112. The Morgan fingerprint density at radius 2 is 1.91 bits per heavy atom. The molecule has 7 nitrogen and oxygen atoms in total. The van der Waals surface area contributed by atoms with Gasteiger partial charge in [0.2, 0.25) is 0 Å². The molecule has 1 saturated carbocycles. The van der Waals surface area contributed by atoms with Gasteiger partial charge in [0.15, 0.2) is 5.82 Å². The summed E-state index contributed by atoms with van der Waals surface area (Å²) in [7, 11) is 0. The number of nitrogens with zero attached hydrogens (tertiary/aromatic N) is 5. The van der Waals surface area contributed by atoms with Crippen molar-refractivity contribution < 1.29 is 0 Å². The van der Waals surface area contributed by atoms with Crippen molar-refractivity contribution in [3.8, 4) is 0 Å². The number of nitrogens with one attached hydrogen (secondary N) is 1. The second-order valence-corrected chi connectivity index (χ2v) is 9.43. The molecular weight excluding hydrogens is 424 g/mol. The molecule has 0 saturated heterocycles. The van der Waals surface area contributed by atoms with Crippen LogP contribution in [0.2, 0.25) is 0 Å². The minimum atomic E-state index is -0.0140. The number of pyridine rings is 1. The first kappa shape index (κ1) is 22.5. The van der Waals surface area contributed by atoms with Gasteiger partial charge in [-0.1, -0.05) is 62.2 Å². The maximum Gasteiger partial charge on any atom is 0.252 e. The second kappa shape index (κ2) is 9.89. The van der Waals surface area contributed by atoms with Gasteiger partial charge in [-0.05, 0) is 65.3 Å². The Morgan fingerprint density at radius 1 is 1.12 bits per heavy atom.